The first-order valence-corrected chi connectivity index (χ1v) is 11.3. The van der Waals surface area contributed by atoms with Crippen molar-refractivity contribution >= 4 is 0 Å². The van der Waals surface area contributed by atoms with E-state index in [2.05, 4.69) is 0 Å². The minimum absolute atomic E-state index is 0.000653. The molecule has 39 heavy (non-hydrogen) atoms. The normalized spacial score (nSPS) is 16.6. The molecular formula is C25H23F13O. The van der Waals surface area contributed by atoms with Crippen LogP contribution in [-0.4, -0.2) is 40.9 Å². The predicted octanol–water partition coefficient (Wildman–Crippen LogP) is 8.76. The fraction of sp³-hybridized carbons (Fsp3) is 0.520. The van der Waals surface area contributed by atoms with Crippen LogP contribution in [0.25, 0.3) is 0 Å². The van der Waals surface area contributed by atoms with Gasteiger partial charge in [0.15, 0.2) is 0 Å². The SMILES string of the molecule is CCCc1cccc(C(O)(CC(F)(F)C(F)(F)C(F)(F)C(F)(F)C(F)(F)C(F)(F)F)C(C)c2ccccc2)c1. The Morgan fingerprint density at radius 3 is 1.67 bits per heavy atom. The number of hydrogen-bond acceptors (Lipinski definition) is 1. The molecule has 2 aromatic rings. The van der Waals surface area contributed by atoms with Crippen LogP contribution in [0.3, 0.4) is 0 Å². The molecule has 0 amide bonds. The number of hydrogen-bond donors (Lipinski definition) is 1. The van der Waals surface area contributed by atoms with Crippen LogP contribution in [0.5, 0.6) is 0 Å². The maximum Gasteiger partial charge on any atom is 0.460 e. The van der Waals surface area contributed by atoms with Gasteiger partial charge < -0.3 is 5.11 Å². The molecule has 0 radical (unpaired) electrons. The molecule has 0 aliphatic carbocycles. The molecule has 1 nitrogen and oxygen atoms in total. The third-order valence-corrected chi connectivity index (χ3v) is 6.47. The second-order valence-corrected chi connectivity index (χ2v) is 9.18. The van der Waals surface area contributed by atoms with Crippen molar-refractivity contribution in [1.82, 2.24) is 0 Å². The van der Waals surface area contributed by atoms with E-state index in [1.54, 1.807) is 6.92 Å². The molecule has 2 aromatic carbocycles. The minimum atomic E-state index is -8.00. The van der Waals surface area contributed by atoms with Crippen LogP contribution < -0.4 is 0 Å². The van der Waals surface area contributed by atoms with Gasteiger partial charge in [-0.3, -0.25) is 0 Å². The van der Waals surface area contributed by atoms with E-state index >= 15 is 0 Å². The van der Waals surface area contributed by atoms with E-state index in [0.717, 1.165) is 19.1 Å². The zero-order chi connectivity index (χ0) is 30.3. The van der Waals surface area contributed by atoms with E-state index in [1.165, 1.54) is 42.5 Å². The Bertz CT molecular complexity index is 1110. The summed E-state index contributed by atoms with van der Waals surface area (Å²) in [6, 6.07) is 11.4. The van der Waals surface area contributed by atoms with E-state index in [9.17, 15) is 62.2 Å². The summed E-state index contributed by atoms with van der Waals surface area (Å²) in [5.41, 5.74) is -3.38. The van der Waals surface area contributed by atoms with Crippen molar-refractivity contribution < 1.29 is 62.2 Å². The molecule has 0 fully saturated rings. The molecule has 2 unspecified atom stereocenters. The molecule has 0 saturated carbocycles. The van der Waals surface area contributed by atoms with Crippen molar-refractivity contribution in [2.45, 2.75) is 80.4 Å². The highest BCUT2D eigenvalue weighted by Gasteiger charge is 2.90. The van der Waals surface area contributed by atoms with Crippen molar-refractivity contribution in [2.75, 3.05) is 0 Å². The van der Waals surface area contributed by atoms with Gasteiger partial charge in [0.2, 0.25) is 0 Å². The van der Waals surface area contributed by atoms with E-state index < -0.39 is 59.3 Å². The molecule has 2 rings (SSSR count). The van der Waals surface area contributed by atoms with Gasteiger partial charge in [-0.05, 0) is 23.1 Å². The number of aryl methyl sites for hydroxylation is 1. The molecule has 0 aliphatic heterocycles. The van der Waals surface area contributed by atoms with Gasteiger partial charge in [-0.25, -0.2) is 0 Å². The van der Waals surface area contributed by atoms with Crippen molar-refractivity contribution in [3.8, 4) is 0 Å². The zero-order valence-electron chi connectivity index (χ0n) is 20.3. The molecule has 0 heterocycles. The number of rotatable bonds is 11. The van der Waals surface area contributed by atoms with Crippen LogP contribution in [-0.2, 0) is 12.0 Å². The van der Waals surface area contributed by atoms with Crippen molar-refractivity contribution in [3.63, 3.8) is 0 Å². The van der Waals surface area contributed by atoms with Gasteiger partial charge in [-0.2, -0.15) is 57.1 Å². The Morgan fingerprint density at radius 1 is 0.667 bits per heavy atom. The van der Waals surface area contributed by atoms with Crippen LogP contribution in [0, 0.1) is 0 Å². The Morgan fingerprint density at radius 2 is 1.18 bits per heavy atom. The van der Waals surface area contributed by atoms with Gasteiger partial charge in [0.05, 0.1) is 6.42 Å². The van der Waals surface area contributed by atoms with Crippen LogP contribution in [0.1, 0.15) is 49.3 Å². The fourth-order valence-corrected chi connectivity index (χ4v) is 4.06. The van der Waals surface area contributed by atoms with E-state index in [4.69, 9.17) is 0 Å². The second-order valence-electron chi connectivity index (χ2n) is 9.18. The number of halogens is 13. The highest BCUT2D eigenvalue weighted by molar-refractivity contribution is 5.34. The lowest BCUT2D eigenvalue weighted by Crippen LogP contribution is -2.70. The molecule has 220 valence electrons. The van der Waals surface area contributed by atoms with Crippen LogP contribution in [0.15, 0.2) is 54.6 Å². The first-order chi connectivity index (χ1) is 17.5. The summed E-state index contributed by atoms with van der Waals surface area (Å²) in [5, 5.41) is 11.4. The Kier molecular flexibility index (Phi) is 8.78. The topological polar surface area (TPSA) is 20.2 Å². The highest BCUT2D eigenvalue weighted by Crippen LogP contribution is 2.62. The van der Waals surface area contributed by atoms with Gasteiger partial charge >= 0.3 is 35.8 Å². The van der Waals surface area contributed by atoms with E-state index in [0.29, 0.717) is 12.0 Å². The average Bonchev–Trinajstić information content (AvgIpc) is 2.83. The quantitative estimate of drug-likeness (QED) is 0.261. The first-order valence-electron chi connectivity index (χ1n) is 11.3. The first kappa shape index (κ1) is 32.7. The molecule has 2 atom stereocenters. The van der Waals surface area contributed by atoms with Crippen molar-refractivity contribution in [1.29, 1.82) is 0 Å². The molecule has 0 bridgehead atoms. The van der Waals surface area contributed by atoms with Gasteiger partial charge in [0.25, 0.3) is 0 Å². The van der Waals surface area contributed by atoms with E-state index in [1.807, 2.05) is 0 Å². The van der Waals surface area contributed by atoms with Crippen LogP contribution >= 0.6 is 0 Å². The third-order valence-electron chi connectivity index (χ3n) is 6.47. The summed E-state index contributed by atoms with van der Waals surface area (Å²) in [4.78, 5) is 0. The standard InChI is InChI=1S/C25H23F13O/c1-3-8-16-9-7-12-18(13-16)19(39,15(2)17-10-5-4-6-11-17)14-20(26,27)21(28,29)22(30,31)23(32,33)24(34,35)25(36,37)38/h4-7,9-13,15,39H,3,8,14H2,1-2H3. The van der Waals surface area contributed by atoms with Crippen molar-refractivity contribution in [2.24, 2.45) is 0 Å². The Hall–Kier alpha value is -2.51. The van der Waals surface area contributed by atoms with E-state index in [-0.39, 0.29) is 12.0 Å². The molecule has 0 aromatic heterocycles. The Labute approximate surface area is 214 Å². The molecule has 0 saturated heterocycles. The smallest absolute Gasteiger partial charge is 0.384 e. The van der Waals surface area contributed by atoms with Crippen LogP contribution in [0.2, 0.25) is 0 Å². The molecule has 1 N–H and O–H groups in total. The lowest BCUT2D eigenvalue weighted by molar-refractivity contribution is -0.441. The average molecular weight is 586 g/mol. The molecule has 14 heteroatoms. The van der Waals surface area contributed by atoms with Crippen LogP contribution in [0.4, 0.5) is 57.1 Å². The summed E-state index contributed by atoms with van der Waals surface area (Å²) < 4.78 is 178. The molecular weight excluding hydrogens is 563 g/mol. The van der Waals surface area contributed by atoms with Gasteiger partial charge in [0.1, 0.15) is 5.60 Å². The largest absolute Gasteiger partial charge is 0.460 e. The molecule has 0 spiro atoms. The monoisotopic (exact) mass is 586 g/mol. The summed E-state index contributed by atoms with van der Waals surface area (Å²) >= 11 is 0. The Balaban J connectivity index is 2.70. The second kappa shape index (κ2) is 10.5. The molecule has 0 aliphatic rings. The minimum Gasteiger partial charge on any atom is -0.384 e. The summed E-state index contributed by atoms with van der Waals surface area (Å²) in [7, 11) is 0. The van der Waals surface area contributed by atoms with Gasteiger partial charge in [-0.15, -0.1) is 0 Å². The maximum absolute atomic E-state index is 15.0. The highest BCUT2D eigenvalue weighted by atomic mass is 19.4. The summed E-state index contributed by atoms with van der Waals surface area (Å²) in [5.74, 6) is -39.3. The third kappa shape index (κ3) is 5.45. The predicted molar refractivity (Wildman–Crippen MR) is 115 cm³/mol. The summed E-state index contributed by atoms with van der Waals surface area (Å²) in [6.45, 7) is 2.74. The zero-order valence-corrected chi connectivity index (χ0v) is 20.3. The van der Waals surface area contributed by atoms with Gasteiger partial charge in [0, 0.05) is 5.92 Å². The number of benzene rings is 2. The lowest BCUT2D eigenvalue weighted by atomic mass is 9.73. The fourth-order valence-electron chi connectivity index (χ4n) is 4.06. The van der Waals surface area contributed by atoms with Crippen molar-refractivity contribution in [3.05, 3.63) is 71.3 Å². The number of aliphatic hydroxyl groups is 1. The van der Waals surface area contributed by atoms with Gasteiger partial charge in [-0.1, -0.05) is 74.9 Å². The number of alkyl halides is 13. The lowest BCUT2D eigenvalue weighted by Gasteiger charge is -2.43. The summed E-state index contributed by atoms with van der Waals surface area (Å²) in [6.07, 6.45) is -9.47. The maximum atomic E-state index is 15.0.